The first-order valence-electron chi connectivity index (χ1n) is 7.83. The van der Waals surface area contributed by atoms with Crippen LogP contribution in [0.4, 0.5) is 15.3 Å². The number of para-hydroxylation sites is 1. The van der Waals surface area contributed by atoms with Crippen LogP contribution in [0.5, 0.6) is 0 Å². The lowest BCUT2D eigenvalue weighted by molar-refractivity contribution is 0.133. The molecule has 1 saturated heterocycles. The third-order valence-corrected chi connectivity index (χ3v) is 3.76. The molecule has 1 aliphatic rings. The number of carbonyl (C=O) groups excluding carboxylic acids is 2. The second-order valence-electron chi connectivity index (χ2n) is 5.48. The van der Waals surface area contributed by atoms with E-state index in [0.29, 0.717) is 19.6 Å². The van der Waals surface area contributed by atoms with Gasteiger partial charge < -0.3 is 20.3 Å². The highest BCUT2D eigenvalue weighted by Gasteiger charge is 2.31. The second kappa shape index (κ2) is 7.50. The van der Waals surface area contributed by atoms with Crippen molar-refractivity contribution in [2.45, 2.75) is 6.10 Å². The quantitative estimate of drug-likeness (QED) is 0.888. The molecule has 1 atom stereocenters. The number of hydrogen-bond donors (Lipinski definition) is 2. The number of nitrogens with one attached hydrogen (secondary N) is 2. The Morgan fingerprint density at radius 3 is 2.46 bits per heavy atom. The molecule has 2 aromatic rings. The Morgan fingerprint density at radius 1 is 1.08 bits per heavy atom. The molecule has 1 fully saturated rings. The van der Waals surface area contributed by atoms with Crippen molar-refractivity contribution in [1.29, 1.82) is 0 Å². The van der Waals surface area contributed by atoms with Crippen LogP contribution in [0.25, 0.3) is 0 Å². The highest BCUT2D eigenvalue weighted by atomic mass is 16.6. The van der Waals surface area contributed by atoms with Gasteiger partial charge in [0.1, 0.15) is 6.10 Å². The number of hydrogen-bond acceptors (Lipinski definition) is 3. The van der Waals surface area contributed by atoms with Gasteiger partial charge in [0.15, 0.2) is 0 Å². The standard InChI is InChI=1S/C18H19N3O3/c22-17(20-15-9-5-2-6-10-15)19-11-12-21-13-16(24-18(21)23)14-7-3-1-4-8-14/h1-10,16H,11-13H2,(H2,19,20,22). The molecule has 0 aliphatic carbocycles. The number of carbonyl (C=O) groups is 2. The van der Waals surface area contributed by atoms with E-state index in [1.54, 1.807) is 4.90 Å². The Balaban J connectivity index is 1.44. The number of nitrogens with zero attached hydrogens (tertiary/aromatic N) is 1. The fourth-order valence-corrected chi connectivity index (χ4v) is 2.53. The van der Waals surface area contributed by atoms with E-state index in [2.05, 4.69) is 10.6 Å². The minimum Gasteiger partial charge on any atom is -0.439 e. The molecule has 3 rings (SSSR count). The van der Waals surface area contributed by atoms with Gasteiger partial charge in [0.2, 0.25) is 0 Å². The number of urea groups is 1. The van der Waals surface area contributed by atoms with Gasteiger partial charge in [-0.25, -0.2) is 9.59 Å². The van der Waals surface area contributed by atoms with Crippen molar-refractivity contribution >= 4 is 17.8 Å². The summed E-state index contributed by atoms with van der Waals surface area (Å²) in [5.74, 6) is 0. The van der Waals surface area contributed by atoms with Crippen molar-refractivity contribution in [3.8, 4) is 0 Å². The zero-order valence-corrected chi connectivity index (χ0v) is 13.1. The molecule has 0 aromatic heterocycles. The van der Waals surface area contributed by atoms with Gasteiger partial charge in [0.05, 0.1) is 6.54 Å². The smallest absolute Gasteiger partial charge is 0.410 e. The highest BCUT2D eigenvalue weighted by Crippen LogP contribution is 2.25. The summed E-state index contributed by atoms with van der Waals surface area (Å²) in [7, 11) is 0. The lowest BCUT2D eigenvalue weighted by Crippen LogP contribution is -2.37. The lowest BCUT2D eigenvalue weighted by atomic mass is 10.1. The van der Waals surface area contributed by atoms with Crippen molar-refractivity contribution in [2.24, 2.45) is 0 Å². The predicted molar refractivity (Wildman–Crippen MR) is 90.7 cm³/mol. The molecule has 124 valence electrons. The van der Waals surface area contributed by atoms with Crippen molar-refractivity contribution in [3.05, 3.63) is 66.2 Å². The number of rotatable bonds is 5. The maximum Gasteiger partial charge on any atom is 0.410 e. The minimum atomic E-state index is -0.353. The van der Waals surface area contributed by atoms with Gasteiger partial charge in [-0.15, -0.1) is 0 Å². The fourth-order valence-electron chi connectivity index (χ4n) is 2.53. The molecule has 0 spiro atoms. The SMILES string of the molecule is O=C(NCCN1CC(c2ccccc2)OC1=O)Nc1ccccc1. The van der Waals surface area contributed by atoms with E-state index in [4.69, 9.17) is 4.74 Å². The van der Waals surface area contributed by atoms with Gasteiger partial charge in [-0.2, -0.15) is 0 Å². The zero-order valence-electron chi connectivity index (χ0n) is 13.1. The summed E-state index contributed by atoms with van der Waals surface area (Å²) in [6, 6.07) is 18.5. The second-order valence-corrected chi connectivity index (χ2v) is 5.48. The number of cyclic esters (lactones) is 1. The van der Waals surface area contributed by atoms with Gasteiger partial charge in [-0.05, 0) is 17.7 Å². The van der Waals surface area contributed by atoms with Gasteiger partial charge in [0.25, 0.3) is 0 Å². The van der Waals surface area contributed by atoms with E-state index in [-0.39, 0.29) is 18.2 Å². The average Bonchev–Trinajstić information content (AvgIpc) is 2.98. The van der Waals surface area contributed by atoms with E-state index in [1.165, 1.54) is 0 Å². The Kier molecular flexibility index (Phi) is 4.96. The molecule has 0 saturated carbocycles. The molecular formula is C18H19N3O3. The van der Waals surface area contributed by atoms with Gasteiger partial charge >= 0.3 is 12.1 Å². The predicted octanol–water partition coefficient (Wildman–Crippen LogP) is 3.00. The third-order valence-electron chi connectivity index (χ3n) is 3.76. The monoisotopic (exact) mass is 325 g/mol. The number of benzene rings is 2. The van der Waals surface area contributed by atoms with Crippen molar-refractivity contribution in [3.63, 3.8) is 0 Å². The maximum absolute atomic E-state index is 11.9. The Bertz CT molecular complexity index is 691. The first-order valence-corrected chi connectivity index (χ1v) is 7.83. The molecular weight excluding hydrogens is 306 g/mol. The summed E-state index contributed by atoms with van der Waals surface area (Å²) in [4.78, 5) is 25.3. The summed E-state index contributed by atoms with van der Waals surface area (Å²) in [6.07, 6.45) is -0.606. The zero-order chi connectivity index (χ0) is 16.8. The molecule has 1 unspecified atom stereocenters. The lowest BCUT2D eigenvalue weighted by Gasteiger charge is -2.14. The summed E-state index contributed by atoms with van der Waals surface area (Å²) >= 11 is 0. The number of anilines is 1. The van der Waals surface area contributed by atoms with Crippen LogP contribution in [-0.4, -0.2) is 36.7 Å². The molecule has 0 radical (unpaired) electrons. The molecule has 3 amide bonds. The van der Waals surface area contributed by atoms with Gasteiger partial charge in [-0.1, -0.05) is 48.5 Å². The maximum atomic E-state index is 11.9. The highest BCUT2D eigenvalue weighted by molar-refractivity contribution is 5.89. The van der Waals surface area contributed by atoms with Crippen molar-refractivity contribution in [1.82, 2.24) is 10.2 Å². The number of ether oxygens (including phenoxy) is 1. The number of amides is 3. The molecule has 0 bridgehead atoms. The minimum absolute atomic E-state index is 0.253. The Morgan fingerprint density at radius 2 is 1.75 bits per heavy atom. The molecule has 24 heavy (non-hydrogen) atoms. The van der Waals surface area contributed by atoms with E-state index < -0.39 is 0 Å². The largest absolute Gasteiger partial charge is 0.439 e. The van der Waals surface area contributed by atoms with E-state index >= 15 is 0 Å². The first-order chi connectivity index (χ1) is 11.7. The topological polar surface area (TPSA) is 70.7 Å². The summed E-state index contributed by atoms with van der Waals surface area (Å²) in [6.45, 7) is 1.25. The van der Waals surface area contributed by atoms with Crippen LogP contribution in [0.2, 0.25) is 0 Å². The average molecular weight is 325 g/mol. The van der Waals surface area contributed by atoms with Crippen LogP contribution in [-0.2, 0) is 4.74 Å². The summed E-state index contributed by atoms with van der Waals surface area (Å²) in [5.41, 5.74) is 1.70. The van der Waals surface area contributed by atoms with E-state index in [0.717, 1.165) is 11.3 Å². The van der Waals surface area contributed by atoms with Crippen LogP contribution in [0.1, 0.15) is 11.7 Å². The molecule has 6 heteroatoms. The molecule has 2 N–H and O–H groups in total. The summed E-state index contributed by atoms with van der Waals surface area (Å²) in [5, 5.41) is 5.46. The summed E-state index contributed by atoms with van der Waals surface area (Å²) < 4.78 is 5.37. The van der Waals surface area contributed by atoms with Gasteiger partial charge in [0, 0.05) is 18.8 Å². The van der Waals surface area contributed by atoms with Crippen LogP contribution in [0, 0.1) is 0 Å². The van der Waals surface area contributed by atoms with Crippen LogP contribution < -0.4 is 10.6 Å². The molecule has 1 aliphatic heterocycles. The van der Waals surface area contributed by atoms with Crippen LogP contribution in [0.15, 0.2) is 60.7 Å². The third kappa shape index (κ3) is 4.04. The van der Waals surface area contributed by atoms with Crippen LogP contribution >= 0.6 is 0 Å². The fraction of sp³-hybridized carbons (Fsp3) is 0.222. The molecule has 2 aromatic carbocycles. The van der Waals surface area contributed by atoms with Crippen molar-refractivity contribution < 1.29 is 14.3 Å². The van der Waals surface area contributed by atoms with Gasteiger partial charge in [-0.3, -0.25) is 0 Å². The van der Waals surface area contributed by atoms with Crippen LogP contribution in [0.3, 0.4) is 0 Å². The molecule has 6 nitrogen and oxygen atoms in total. The Labute approximate surface area is 140 Å². The van der Waals surface area contributed by atoms with Crippen molar-refractivity contribution in [2.75, 3.05) is 25.0 Å². The normalized spacial score (nSPS) is 16.6. The first kappa shape index (κ1) is 15.9. The molecule has 1 heterocycles. The van der Waals surface area contributed by atoms with E-state index in [1.807, 2.05) is 60.7 Å². The van der Waals surface area contributed by atoms with E-state index in [9.17, 15) is 9.59 Å². The Hall–Kier alpha value is -3.02.